The van der Waals surface area contributed by atoms with Gasteiger partial charge in [0.15, 0.2) is 17.5 Å². The molecule has 1 saturated carbocycles. The molecule has 0 radical (unpaired) electrons. The first-order valence-electron chi connectivity index (χ1n) is 9.85. The average molecular weight is 354 g/mol. The molecule has 1 saturated heterocycles. The Morgan fingerprint density at radius 3 is 2.24 bits per heavy atom. The normalized spacial score (nSPS) is 29.9. The summed E-state index contributed by atoms with van der Waals surface area (Å²) in [5.41, 5.74) is 0.556. The lowest BCUT2D eigenvalue weighted by Crippen LogP contribution is -2.26. The zero-order valence-corrected chi connectivity index (χ0v) is 15.1. The molecule has 2 aliphatic rings. The number of halogens is 3. The highest BCUT2D eigenvalue weighted by atomic mass is 19.2. The van der Waals surface area contributed by atoms with E-state index >= 15 is 0 Å². The number of ether oxygens (including phenoxy) is 1. The van der Waals surface area contributed by atoms with Gasteiger partial charge < -0.3 is 4.74 Å². The van der Waals surface area contributed by atoms with Crippen molar-refractivity contribution < 1.29 is 17.9 Å². The molecule has 1 aliphatic heterocycles. The molecule has 1 heterocycles. The van der Waals surface area contributed by atoms with Gasteiger partial charge in [-0.05, 0) is 74.5 Å². The van der Waals surface area contributed by atoms with Gasteiger partial charge in [-0.2, -0.15) is 0 Å². The van der Waals surface area contributed by atoms with E-state index in [1.165, 1.54) is 38.5 Å². The lowest BCUT2D eigenvalue weighted by molar-refractivity contribution is -0.00725. The van der Waals surface area contributed by atoms with Crippen molar-refractivity contribution in [3.05, 3.63) is 35.1 Å². The highest BCUT2D eigenvalue weighted by molar-refractivity contribution is 5.19. The summed E-state index contributed by atoms with van der Waals surface area (Å²) in [5.74, 6) is -2.27. The molecule has 0 spiro atoms. The van der Waals surface area contributed by atoms with Gasteiger partial charge in [0.2, 0.25) is 0 Å². The first-order chi connectivity index (χ1) is 12.1. The van der Waals surface area contributed by atoms with E-state index in [1.807, 2.05) is 0 Å². The van der Waals surface area contributed by atoms with Gasteiger partial charge in [0.05, 0.1) is 12.2 Å². The summed E-state index contributed by atoms with van der Waals surface area (Å²) < 4.78 is 45.8. The fraction of sp³-hybridized carbons (Fsp3) is 0.714. The number of hydrogen-bond acceptors (Lipinski definition) is 1. The average Bonchev–Trinajstić information content (AvgIpc) is 3.07. The Bertz CT molecular complexity index is 543. The summed E-state index contributed by atoms with van der Waals surface area (Å²) in [6.45, 7) is 2.21. The predicted molar refractivity (Wildman–Crippen MR) is 92.9 cm³/mol. The van der Waals surface area contributed by atoms with Gasteiger partial charge in [-0.1, -0.05) is 26.2 Å². The van der Waals surface area contributed by atoms with E-state index in [2.05, 4.69) is 6.92 Å². The minimum Gasteiger partial charge on any atom is -0.375 e. The third-order valence-electron chi connectivity index (χ3n) is 6.05. The molecule has 0 amide bonds. The molecule has 0 aromatic heterocycles. The molecular weight excluding hydrogens is 325 g/mol. The van der Waals surface area contributed by atoms with Gasteiger partial charge in [-0.25, -0.2) is 13.2 Å². The van der Waals surface area contributed by atoms with Crippen molar-refractivity contribution in [1.82, 2.24) is 0 Å². The van der Waals surface area contributed by atoms with Gasteiger partial charge in [0.1, 0.15) is 0 Å². The first-order valence-corrected chi connectivity index (χ1v) is 9.85. The number of rotatable bonds is 6. The molecule has 1 aromatic carbocycles. The molecule has 2 fully saturated rings. The third kappa shape index (κ3) is 4.78. The quantitative estimate of drug-likeness (QED) is 0.553. The summed E-state index contributed by atoms with van der Waals surface area (Å²) in [5, 5.41) is 0. The zero-order chi connectivity index (χ0) is 17.8. The first kappa shape index (κ1) is 18.8. The Kier molecular flexibility index (Phi) is 6.43. The highest BCUT2D eigenvalue weighted by Gasteiger charge is 2.33. The maximum Gasteiger partial charge on any atom is 0.194 e. The fourth-order valence-electron chi connectivity index (χ4n) is 4.59. The smallest absolute Gasteiger partial charge is 0.194 e. The minimum atomic E-state index is -1.37. The molecule has 2 unspecified atom stereocenters. The molecule has 1 nitrogen and oxygen atoms in total. The van der Waals surface area contributed by atoms with Crippen molar-refractivity contribution in [2.24, 2.45) is 11.8 Å². The van der Waals surface area contributed by atoms with Crippen molar-refractivity contribution in [3.63, 3.8) is 0 Å². The topological polar surface area (TPSA) is 9.23 Å². The second kappa shape index (κ2) is 8.57. The van der Waals surface area contributed by atoms with Crippen LogP contribution in [0.1, 0.15) is 70.3 Å². The molecule has 1 aliphatic carbocycles. The molecule has 0 bridgehead atoms. The maximum absolute atomic E-state index is 13.3. The van der Waals surface area contributed by atoms with E-state index in [4.69, 9.17) is 4.74 Å². The van der Waals surface area contributed by atoms with Crippen LogP contribution in [-0.2, 0) is 11.2 Å². The molecule has 140 valence electrons. The Morgan fingerprint density at radius 2 is 1.60 bits per heavy atom. The second-order valence-electron chi connectivity index (χ2n) is 7.86. The predicted octanol–water partition coefficient (Wildman–Crippen LogP) is 6.19. The van der Waals surface area contributed by atoms with Crippen LogP contribution in [-0.4, -0.2) is 12.2 Å². The monoisotopic (exact) mass is 354 g/mol. The third-order valence-corrected chi connectivity index (χ3v) is 6.05. The van der Waals surface area contributed by atoms with Crippen molar-refractivity contribution in [1.29, 1.82) is 0 Å². The van der Waals surface area contributed by atoms with Crippen molar-refractivity contribution in [2.45, 2.75) is 83.3 Å². The molecule has 25 heavy (non-hydrogen) atoms. The van der Waals surface area contributed by atoms with E-state index < -0.39 is 17.5 Å². The zero-order valence-electron chi connectivity index (χ0n) is 15.1. The Hall–Kier alpha value is -1.03. The molecule has 2 atom stereocenters. The molecule has 4 heteroatoms. The highest BCUT2D eigenvalue weighted by Crippen LogP contribution is 2.39. The van der Waals surface area contributed by atoms with E-state index in [-0.39, 0.29) is 0 Å². The van der Waals surface area contributed by atoms with Gasteiger partial charge in [-0.3, -0.25) is 0 Å². The van der Waals surface area contributed by atoms with E-state index in [9.17, 15) is 13.2 Å². The number of benzene rings is 1. The number of aryl methyl sites for hydroxylation is 1. The van der Waals surface area contributed by atoms with Crippen LogP contribution in [0.5, 0.6) is 0 Å². The van der Waals surface area contributed by atoms with Gasteiger partial charge in [0, 0.05) is 0 Å². The lowest BCUT2D eigenvalue weighted by atomic mass is 9.77. The Labute approximate surface area is 149 Å². The second-order valence-corrected chi connectivity index (χ2v) is 7.86. The van der Waals surface area contributed by atoms with E-state index in [1.54, 1.807) is 0 Å². The SMILES string of the molecule is CCCC1CCC(C2CCC(CCc3cc(F)c(F)c(F)c3)CC2)O1. The summed E-state index contributed by atoms with van der Waals surface area (Å²) in [6.07, 6.45) is 11.9. The van der Waals surface area contributed by atoms with E-state index in [0.717, 1.165) is 31.4 Å². The maximum atomic E-state index is 13.3. The Morgan fingerprint density at radius 1 is 0.920 bits per heavy atom. The van der Waals surface area contributed by atoms with Crippen molar-refractivity contribution >= 4 is 0 Å². The summed E-state index contributed by atoms with van der Waals surface area (Å²) in [6, 6.07) is 2.26. The molecule has 0 N–H and O–H groups in total. The fourth-order valence-corrected chi connectivity index (χ4v) is 4.59. The summed E-state index contributed by atoms with van der Waals surface area (Å²) in [7, 11) is 0. The van der Waals surface area contributed by atoms with Crippen molar-refractivity contribution in [3.8, 4) is 0 Å². The summed E-state index contributed by atoms with van der Waals surface area (Å²) in [4.78, 5) is 0. The largest absolute Gasteiger partial charge is 0.375 e. The van der Waals surface area contributed by atoms with Crippen molar-refractivity contribution in [2.75, 3.05) is 0 Å². The Balaban J connectivity index is 1.42. The standard InChI is InChI=1S/C21H29F3O/c1-2-3-17-10-11-20(25-17)16-8-6-14(7-9-16)4-5-15-12-18(22)21(24)19(23)13-15/h12-14,16-17,20H,2-11H2,1H3. The molecule has 1 aromatic rings. The van der Waals surface area contributed by atoms with Crippen LogP contribution >= 0.6 is 0 Å². The van der Waals surface area contributed by atoms with Crippen LogP contribution in [0.25, 0.3) is 0 Å². The van der Waals surface area contributed by atoms with Crippen LogP contribution in [0.15, 0.2) is 12.1 Å². The van der Waals surface area contributed by atoms with Crippen LogP contribution in [0, 0.1) is 29.3 Å². The van der Waals surface area contributed by atoms with Crippen LogP contribution in [0.2, 0.25) is 0 Å². The molecular formula is C21H29F3O. The van der Waals surface area contributed by atoms with Gasteiger partial charge in [0.25, 0.3) is 0 Å². The number of hydrogen-bond donors (Lipinski definition) is 0. The minimum absolute atomic E-state index is 0.442. The lowest BCUT2D eigenvalue weighted by Gasteiger charge is -2.32. The van der Waals surface area contributed by atoms with Crippen LogP contribution in [0.4, 0.5) is 13.2 Å². The van der Waals surface area contributed by atoms with Crippen LogP contribution < -0.4 is 0 Å². The summed E-state index contributed by atoms with van der Waals surface area (Å²) >= 11 is 0. The van der Waals surface area contributed by atoms with Crippen LogP contribution in [0.3, 0.4) is 0 Å². The van der Waals surface area contributed by atoms with Gasteiger partial charge in [-0.15, -0.1) is 0 Å². The van der Waals surface area contributed by atoms with Gasteiger partial charge >= 0.3 is 0 Å². The van der Waals surface area contributed by atoms with E-state index in [0.29, 0.717) is 36.0 Å². The molecule has 3 rings (SSSR count).